The number of benzene rings is 3. The number of piperazine rings is 1. The minimum atomic E-state index is -0.661. The monoisotopic (exact) mass is 499 g/mol. The van der Waals surface area contributed by atoms with E-state index in [0.717, 1.165) is 33.3 Å². The highest BCUT2D eigenvalue weighted by Gasteiger charge is 2.48. The largest absolute Gasteiger partial charge is 0.493 e. The van der Waals surface area contributed by atoms with Crippen LogP contribution in [-0.4, -0.2) is 53.4 Å². The highest BCUT2D eigenvalue weighted by atomic mass is 19.1. The molecular formula is C29H26FN3O4. The summed E-state index contributed by atoms with van der Waals surface area (Å²) in [6.45, 7) is 0.197. The summed E-state index contributed by atoms with van der Waals surface area (Å²) in [7, 11) is 3.15. The number of carbonyl (C=O) groups excluding carboxylic acids is 2. The highest BCUT2D eigenvalue weighted by molar-refractivity contribution is 5.97. The Morgan fingerprint density at radius 3 is 2.49 bits per heavy atom. The lowest BCUT2D eigenvalue weighted by molar-refractivity contribution is -0.159. The standard InChI is InChI=1S/C29H26FN3O4/c1-36-24-12-9-18(13-25(24)37-2)28-27-21(20-5-3-4-6-22(20)31-27)14-23-29(35)32(16-26(34)33(23)28)15-17-7-10-19(30)11-8-17/h3-13,23,28,31H,14-16H2,1-2H3/t23-,28?/m0/s1. The predicted molar refractivity (Wildman–Crippen MR) is 136 cm³/mol. The number of methoxy groups -OCH3 is 2. The van der Waals surface area contributed by atoms with Crippen molar-refractivity contribution >= 4 is 22.7 Å². The molecule has 3 aromatic carbocycles. The van der Waals surface area contributed by atoms with Crippen molar-refractivity contribution in [3.05, 3.63) is 94.9 Å². The molecule has 1 unspecified atom stereocenters. The third kappa shape index (κ3) is 3.80. The molecule has 1 fully saturated rings. The molecule has 0 bridgehead atoms. The number of fused-ring (bicyclic) bond motifs is 4. The average molecular weight is 500 g/mol. The number of para-hydroxylation sites is 1. The molecule has 0 radical (unpaired) electrons. The van der Waals surface area contributed by atoms with Gasteiger partial charge in [0.05, 0.1) is 20.3 Å². The number of nitrogens with one attached hydrogen (secondary N) is 1. The van der Waals surface area contributed by atoms with Gasteiger partial charge in [-0.3, -0.25) is 9.59 Å². The number of aromatic nitrogens is 1. The number of hydrogen-bond acceptors (Lipinski definition) is 4. The second-order valence-electron chi connectivity index (χ2n) is 9.42. The molecule has 7 nitrogen and oxygen atoms in total. The first-order chi connectivity index (χ1) is 18.0. The quantitative estimate of drug-likeness (QED) is 0.447. The molecule has 2 aliphatic heterocycles. The zero-order valence-corrected chi connectivity index (χ0v) is 20.5. The van der Waals surface area contributed by atoms with Crippen LogP contribution in [0.4, 0.5) is 4.39 Å². The van der Waals surface area contributed by atoms with Crippen LogP contribution in [0.3, 0.4) is 0 Å². The zero-order valence-electron chi connectivity index (χ0n) is 20.5. The minimum Gasteiger partial charge on any atom is -0.493 e. The first kappa shape index (κ1) is 23.1. The number of rotatable bonds is 5. The van der Waals surface area contributed by atoms with E-state index >= 15 is 0 Å². The fourth-order valence-electron chi connectivity index (χ4n) is 5.64. The number of halogens is 1. The third-order valence-electron chi connectivity index (χ3n) is 7.35. The Labute approximate surface area is 213 Å². The highest BCUT2D eigenvalue weighted by Crippen LogP contribution is 2.44. The van der Waals surface area contributed by atoms with E-state index in [1.54, 1.807) is 36.2 Å². The second-order valence-corrected chi connectivity index (χ2v) is 9.42. The summed E-state index contributed by atoms with van der Waals surface area (Å²) in [6.07, 6.45) is 0.410. The summed E-state index contributed by atoms with van der Waals surface area (Å²) >= 11 is 0. The Bertz CT molecular complexity index is 1510. The maximum absolute atomic E-state index is 13.8. The molecule has 8 heteroatoms. The molecule has 1 aromatic heterocycles. The number of carbonyl (C=O) groups is 2. The zero-order chi connectivity index (χ0) is 25.7. The van der Waals surface area contributed by atoms with Crippen molar-refractivity contribution in [1.82, 2.24) is 14.8 Å². The Hall–Kier alpha value is -4.33. The first-order valence-corrected chi connectivity index (χ1v) is 12.1. The Kier molecular flexibility index (Phi) is 5.59. The lowest BCUT2D eigenvalue weighted by atomic mass is 9.86. The van der Waals surface area contributed by atoms with E-state index in [4.69, 9.17) is 9.47 Å². The van der Waals surface area contributed by atoms with E-state index in [1.807, 2.05) is 42.5 Å². The van der Waals surface area contributed by atoms with Crippen molar-refractivity contribution < 1.29 is 23.5 Å². The van der Waals surface area contributed by atoms with Gasteiger partial charge in [0.2, 0.25) is 11.8 Å². The van der Waals surface area contributed by atoms with E-state index in [2.05, 4.69) is 4.98 Å². The van der Waals surface area contributed by atoms with Crippen LogP contribution in [0.1, 0.15) is 28.4 Å². The minimum absolute atomic E-state index is 0.0495. The number of ether oxygens (including phenoxy) is 2. The Morgan fingerprint density at radius 1 is 0.973 bits per heavy atom. The van der Waals surface area contributed by atoms with E-state index in [-0.39, 0.29) is 30.7 Å². The Morgan fingerprint density at radius 2 is 1.73 bits per heavy atom. The number of H-pyrrole nitrogens is 1. The summed E-state index contributed by atoms with van der Waals surface area (Å²) in [5.41, 5.74) is 4.49. The van der Waals surface area contributed by atoms with Crippen molar-refractivity contribution in [3.63, 3.8) is 0 Å². The van der Waals surface area contributed by atoms with Gasteiger partial charge < -0.3 is 24.3 Å². The summed E-state index contributed by atoms with van der Waals surface area (Å²) in [4.78, 5) is 34.4. The lowest BCUT2D eigenvalue weighted by Gasteiger charge is -2.47. The van der Waals surface area contributed by atoms with Gasteiger partial charge in [-0.05, 0) is 47.0 Å². The summed E-state index contributed by atoms with van der Waals surface area (Å²) in [5.74, 6) is 0.532. The van der Waals surface area contributed by atoms with Gasteiger partial charge in [-0.15, -0.1) is 0 Å². The predicted octanol–water partition coefficient (Wildman–Crippen LogP) is 4.21. The van der Waals surface area contributed by atoms with E-state index < -0.39 is 12.1 Å². The number of aromatic amines is 1. The summed E-state index contributed by atoms with van der Waals surface area (Å²) in [6, 6.07) is 18.4. The summed E-state index contributed by atoms with van der Waals surface area (Å²) < 4.78 is 24.4. The number of hydrogen-bond donors (Lipinski definition) is 1. The van der Waals surface area contributed by atoms with Crippen LogP contribution in [0, 0.1) is 5.82 Å². The van der Waals surface area contributed by atoms with Crippen molar-refractivity contribution in [2.45, 2.75) is 25.0 Å². The molecule has 4 aromatic rings. The van der Waals surface area contributed by atoms with E-state index in [1.165, 1.54) is 12.1 Å². The fraction of sp³-hybridized carbons (Fsp3) is 0.241. The Balaban J connectivity index is 1.46. The van der Waals surface area contributed by atoms with Gasteiger partial charge in [-0.25, -0.2) is 4.39 Å². The van der Waals surface area contributed by atoms with Gasteiger partial charge in [-0.1, -0.05) is 36.4 Å². The number of nitrogens with zero attached hydrogens (tertiary/aromatic N) is 2. The normalized spacial score (nSPS) is 19.1. The topological polar surface area (TPSA) is 74.9 Å². The van der Waals surface area contributed by atoms with Crippen molar-refractivity contribution in [1.29, 1.82) is 0 Å². The average Bonchev–Trinajstić information content (AvgIpc) is 3.29. The van der Waals surface area contributed by atoms with Gasteiger partial charge >= 0.3 is 0 Å². The molecule has 3 heterocycles. The molecule has 6 rings (SSSR count). The van der Waals surface area contributed by atoms with Crippen LogP contribution in [0.5, 0.6) is 11.5 Å². The van der Waals surface area contributed by atoms with Crippen molar-refractivity contribution in [2.24, 2.45) is 0 Å². The van der Waals surface area contributed by atoms with Gasteiger partial charge in [0, 0.05) is 29.6 Å². The molecule has 2 aliphatic rings. The molecule has 1 saturated heterocycles. The second kappa shape index (κ2) is 8.96. The first-order valence-electron chi connectivity index (χ1n) is 12.1. The third-order valence-corrected chi connectivity index (χ3v) is 7.35. The molecule has 0 aliphatic carbocycles. The SMILES string of the molecule is COc1ccc(C2c3[nH]c4ccccc4c3C[C@H]3C(=O)N(Cc4ccc(F)cc4)CC(=O)N23)cc1OC. The van der Waals surface area contributed by atoms with E-state index in [0.29, 0.717) is 17.9 Å². The smallest absolute Gasteiger partial charge is 0.246 e. The van der Waals surface area contributed by atoms with Gasteiger partial charge in [0.25, 0.3) is 0 Å². The van der Waals surface area contributed by atoms with Gasteiger partial charge in [-0.2, -0.15) is 0 Å². The van der Waals surface area contributed by atoms with Crippen molar-refractivity contribution in [2.75, 3.05) is 20.8 Å². The molecule has 37 heavy (non-hydrogen) atoms. The lowest BCUT2D eigenvalue weighted by Crippen LogP contribution is -2.62. The molecule has 188 valence electrons. The van der Waals surface area contributed by atoms with Crippen LogP contribution in [-0.2, 0) is 22.6 Å². The molecule has 0 saturated carbocycles. The van der Waals surface area contributed by atoms with Crippen LogP contribution in [0.15, 0.2) is 66.7 Å². The molecular weight excluding hydrogens is 473 g/mol. The maximum Gasteiger partial charge on any atom is 0.246 e. The molecule has 2 atom stereocenters. The summed E-state index contributed by atoms with van der Waals surface area (Å²) in [5, 5.41) is 1.04. The van der Waals surface area contributed by atoms with Crippen molar-refractivity contribution in [3.8, 4) is 11.5 Å². The van der Waals surface area contributed by atoms with Crippen LogP contribution in [0.25, 0.3) is 10.9 Å². The van der Waals surface area contributed by atoms with Gasteiger partial charge in [0.15, 0.2) is 11.5 Å². The van der Waals surface area contributed by atoms with Crippen LogP contribution >= 0.6 is 0 Å². The van der Waals surface area contributed by atoms with E-state index in [9.17, 15) is 14.0 Å². The van der Waals surface area contributed by atoms with Gasteiger partial charge in [0.1, 0.15) is 18.4 Å². The van der Waals surface area contributed by atoms with Crippen LogP contribution in [0.2, 0.25) is 0 Å². The number of amides is 2. The maximum atomic E-state index is 13.8. The van der Waals surface area contributed by atoms with Crippen LogP contribution < -0.4 is 9.47 Å². The molecule has 1 N–H and O–H groups in total. The molecule has 0 spiro atoms. The fourth-order valence-corrected chi connectivity index (χ4v) is 5.64. The molecule has 2 amide bonds.